The number of fused-ring (bicyclic) bond motifs is 3. The van der Waals surface area contributed by atoms with Crippen molar-refractivity contribution < 1.29 is 27.3 Å². The van der Waals surface area contributed by atoms with Gasteiger partial charge in [0.05, 0.1) is 22.7 Å². The van der Waals surface area contributed by atoms with E-state index in [9.17, 15) is 18.0 Å². The standard InChI is InChI=1S/C17H16N4O6S2/c1-9-7-14(27-19-9)18-15(22)10(2)26-16(23)11-3-4-12-13(8-11)28-17-20-29(24,25)6-5-21(12)17/h3-4,7-8,10H,5-6H2,1-2H3,(H,18,22). The number of esters is 1. The van der Waals surface area contributed by atoms with Crippen LogP contribution in [0.15, 0.2) is 38.1 Å². The molecule has 1 aromatic carbocycles. The van der Waals surface area contributed by atoms with Crippen molar-refractivity contribution in [2.45, 2.75) is 24.8 Å². The van der Waals surface area contributed by atoms with Crippen molar-refractivity contribution in [2.75, 3.05) is 22.5 Å². The Morgan fingerprint density at radius 1 is 1.34 bits per heavy atom. The fourth-order valence-electron chi connectivity index (χ4n) is 2.79. The minimum absolute atomic E-state index is 0.0579. The topological polar surface area (TPSA) is 131 Å². The zero-order valence-electron chi connectivity index (χ0n) is 15.4. The molecule has 0 saturated heterocycles. The van der Waals surface area contributed by atoms with Crippen molar-refractivity contribution in [1.82, 2.24) is 5.16 Å². The summed E-state index contributed by atoms with van der Waals surface area (Å²) in [6.07, 6.45) is -1.06. The fraction of sp³-hybridized carbons (Fsp3) is 0.294. The molecule has 2 aliphatic rings. The number of carbonyl (C=O) groups is 2. The number of amides is 1. The summed E-state index contributed by atoms with van der Waals surface area (Å²) < 4.78 is 37.3. The number of benzene rings is 1. The van der Waals surface area contributed by atoms with Gasteiger partial charge in [0.25, 0.3) is 15.9 Å². The van der Waals surface area contributed by atoms with Crippen LogP contribution in [0.25, 0.3) is 0 Å². The van der Waals surface area contributed by atoms with Gasteiger partial charge >= 0.3 is 5.97 Å². The maximum absolute atomic E-state index is 12.4. The summed E-state index contributed by atoms with van der Waals surface area (Å²) in [6, 6.07) is 6.42. The van der Waals surface area contributed by atoms with Crippen LogP contribution >= 0.6 is 11.8 Å². The van der Waals surface area contributed by atoms with E-state index in [1.807, 2.05) is 0 Å². The molecule has 0 spiro atoms. The molecule has 1 amide bonds. The van der Waals surface area contributed by atoms with Crippen LogP contribution in [0.5, 0.6) is 0 Å². The third-order valence-corrected chi connectivity index (χ3v) is 6.54. The predicted molar refractivity (Wildman–Crippen MR) is 106 cm³/mol. The lowest BCUT2D eigenvalue weighted by atomic mass is 10.2. The molecule has 1 atom stereocenters. The fourth-order valence-corrected chi connectivity index (χ4v) is 5.08. The number of hydrogen-bond acceptors (Lipinski definition) is 9. The van der Waals surface area contributed by atoms with Crippen LogP contribution in [-0.4, -0.2) is 49.0 Å². The highest BCUT2D eigenvalue weighted by atomic mass is 32.2. The Labute approximate surface area is 170 Å². The first-order valence-electron chi connectivity index (χ1n) is 8.59. The average molecular weight is 436 g/mol. The third-order valence-electron chi connectivity index (χ3n) is 4.24. The second-order valence-electron chi connectivity index (χ2n) is 6.47. The maximum Gasteiger partial charge on any atom is 0.338 e. The number of amidine groups is 1. The van der Waals surface area contributed by atoms with Gasteiger partial charge in [0.15, 0.2) is 11.3 Å². The number of sulfonamides is 1. The lowest BCUT2D eigenvalue weighted by Gasteiger charge is -2.22. The largest absolute Gasteiger partial charge is 0.449 e. The van der Waals surface area contributed by atoms with Crippen LogP contribution in [0.4, 0.5) is 11.6 Å². The molecule has 0 bridgehead atoms. The Bertz CT molecular complexity index is 1140. The number of rotatable bonds is 4. The summed E-state index contributed by atoms with van der Waals surface area (Å²) in [5.41, 5.74) is 1.63. The number of nitrogens with zero attached hydrogens (tertiary/aromatic N) is 3. The summed E-state index contributed by atoms with van der Waals surface area (Å²) in [4.78, 5) is 27.1. The second kappa shape index (κ2) is 7.19. The van der Waals surface area contributed by atoms with Crippen LogP contribution in [0.2, 0.25) is 0 Å². The van der Waals surface area contributed by atoms with Gasteiger partial charge in [0, 0.05) is 17.5 Å². The molecule has 0 saturated carbocycles. The minimum atomic E-state index is -3.45. The summed E-state index contributed by atoms with van der Waals surface area (Å²) in [5.74, 6) is -1.12. The van der Waals surface area contributed by atoms with Crippen LogP contribution in [-0.2, 0) is 19.6 Å². The molecule has 29 heavy (non-hydrogen) atoms. The number of carbonyl (C=O) groups excluding carboxylic acids is 2. The molecule has 4 rings (SSSR count). The van der Waals surface area contributed by atoms with Crippen LogP contribution in [0.3, 0.4) is 0 Å². The van der Waals surface area contributed by atoms with Gasteiger partial charge in [0.1, 0.15) is 0 Å². The van der Waals surface area contributed by atoms with E-state index in [4.69, 9.17) is 9.26 Å². The second-order valence-corrected chi connectivity index (χ2v) is 9.23. The molecule has 0 fully saturated rings. The number of nitrogens with one attached hydrogen (secondary N) is 1. The normalized spacial score (nSPS) is 17.7. The van der Waals surface area contributed by atoms with E-state index in [0.29, 0.717) is 22.3 Å². The van der Waals surface area contributed by atoms with E-state index in [1.54, 1.807) is 36.1 Å². The smallest absolute Gasteiger partial charge is 0.338 e. The average Bonchev–Trinajstić information content (AvgIpc) is 3.21. The van der Waals surface area contributed by atoms with Crippen molar-refractivity contribution in [2.24, 2.45) is 4.40 Å². The van der Waals surface area contributed by atoms with Crippen LogP contribution in [0, 0.1) is 6.92 Å². The van der Waals surface area contributed by atoms with Gasteiger partial charge < -0.3 is 14.2 Å². The van der Waals surface area contributed by atoms with E-state index in [1.165, 1.54) is 18.7 Å². The third kappa shape index (κ3) is 3.98. The number of thioether (sulfide) groups is 1. The summed E-state index contributed by atoms with van der Waals surface area (Å²) in [7, 11) is -3.45. The molecule has 1 N–H and O–H groups in total. The number of anilines is 2. The molecule has 1 unspecified atom stereocenters. The highest BCUT2D eigenvalue weighted by Gasteiger charge is 2.33. The van der Waals surface area contributed by atoms with Gasteiger partial charge in [-0.2, -0.15) is 0 Å². The molecule has 12 heteroatoms. The monoisotopic (exact) mass is 436 g/mol. The van der Waals surface area contributed by atoms with E-state index in [0.717, 1.165) is 5.69 Å². The van der Waals surface area contributed by atoms with Crippen molar-refractivity contribution in [1.29, 1.82) is 0 Å². The van der Waals surface area contributed by atoms with Gasteiger partial charge in [-0.05, 0) is 43.8 Å². The summed E-state index contributed by atoms with van der Waals surface area (Å²) in [5, 5.41) is 6.50. The molecule has 1 aromatic heterocycles. The number of hydrogen-bond donors (Lipinski definition) is 1. The molecular formula is C17H16N4O6S2. The molecule has 152 valence electrons. The highest BCUT2D eigenvalue weighted by Crippen LogP contribution is 2.42. The van der Waals surface area contributed by atoms with E-state index in [2.05, 4.69) is 14.9 Å². The Morgan fingerprint density at radius 3 is 2.86 bits per heavy atom. The van der Waals surface area contributed by atoms with E-state index >= 15 is 0 Å². The number of aromatic nitrogens is 1. The molecular weight excluding hydrogens is 420 g/mol. The first kappa shape index (κ1) is 19.5. The lowest BCUT2D eigenvalue weighted by Crippen LogP contribution is -2.35. The predicted octanol–water partition coefficient (Wildman–Crippen LogP) is 1.78. The molecule has 2 aliphatic heterocycles. The zero-order valence-corrected chi connectivity index (χ0v) is 17.0. The Hall–Kier alpha value is -2.86. The maximum atomic E-state index is 12.4. The Morgan fingerprint density at radius 2 is 2.14 bits per heavy atom. The van der Waals surface area contributed by atoms with E-state index < -0.39 is 28.0 Å². The van der Waals surface area contributed by atoms with Gasteiger partial charge in [-0.15, -0.1) is 4.40 Å². The summed E-state index contributed by atoms with van der Waals surface area (Å²) >= 11 is 1.17. The van der Waals surface area contributed by atoms with Gasteiger partial charge in [-0.25, -0.2) is 13.2 Å². The molecule has 2 aromatic rings. The zero-order chi connectivity index (χ0) is 20.8. The van der Waals surface area contributed by atoms with Crippen molar-refractivity contribution in [3.8, 4) is 0 Å². The van der Waals surface area contributed by atoms with Crippen molar-refractivity contribution in [3.05, 3.63) is 35.5 Å². The van der Waals surface area contributed by atoms with Crippen LogP contribution in [0.1, 0.15) is 23.0 Å². The van der Waals surface area contributed by atoms with Gasteiger partial charge in [0.2, 0.25) is 5.88 Å². The molecule has 3 heterocycles. The number of ether oxygens (including phenoxy) is 1. The molecule has 0 aliphatic carbocycles. The molecule has 10 nitrogen and oxygen atoms in total. The minimum Gasteiger partial charge on any atom is -0.449 e. The SMILES string of the molecule is Cc1cc(NC(=O)C(C)OC(=O)c2ccc3c(c2)SC2=NS(=O)(=O)CCN23)on1. The number of aryl methyl sites for hydroxylation is 1. The molecule has 0 radical (unpaired) electrons. The summed E-state index contributed by atoms with van der Waals surface area (Å²) in [6.45, 7) is 3.46. The van der Waals surface area contributed by atoms with Crippen molar-refractivity contribution in [3.63, 3.8) is 0 Å². The van der Waals surface area contributed by atoms with Crippen molar-refractivity contribution >= 4 is 50.4 Å². The first-order chi connectivity index (χ1) is 13.7. The quantitative estimate of drug-likeness (QED) is 0.712. The lowest BCUT2D eigenvalue weighted by molar-refractivity contribution is -0.123. The Kier molecular flexibility index (Phi) is 4.82. The van der Waals surface area contributed by atoms with Crippen LogP contribution < -0.4 is 10.2 Å². The Balaban J connectivity index is 1.45. The van der Waals surface area contributed by atoms with Gasteiger partial charge in [-0.1, -0.05) is 5.16 Å². The highest BCUT2D eigenvalue weighted by molar-refractivity contribution is 8.15. The first-order valence-corrected chi connectivity index (χ1v) is 11.0. The van der Waals surface area contributed by atoms with E-state index in [-0.39, 0.29) is 17.2 Å². The van der Waals surface area contributed by atoms with Gasteiger partial charge in [-0.3, -0.25) is 10.1 Å².